The van der Waals surface area contributed by atoms with Gasteiger partial charge in [0.05, 0.1) is 32.5 Å². The summed E-state index contributed by atoms with van der Waals surface area (Å²) < 4.78 is 16.1. The number of amides is 1. The van der Waals surface area contributed by atoms with Crippen molar-refractivity contribution in [3.05, 3.63) is 23.8 Å². The smallest absolute Gasteiger partial charge is 0.257 e. The molecule has 0 aromatic heterocycles. The number of hydrogen-bond donors (Lipinski definition) is 0. The average Bonchev–Trinajstić information content (AvgIpc) is 2.48. The molecule has 1 amide bonds. The van der Waals surface area contributed by atoms with Crippen molar-refractivity contribution in [3.8, 4) is 11.5 Å². The lowest BCUT2D eigenvalue weighted by atomic mass is 10.1. The number of carbonyl (C=O) groups is 1. The van der Waals surface area contributed by atoms with E-state index in [-0.39, 0.29) is 5.91 Å². The van der Waals surface area contributed by atoms with Crippen LogP contribution in [0.1, 0.15) is 17.3 Å². The Morgan fingerprint density at radius 2 is 2.11 bits per heavy atom. The van der Waals surface area contributed by atoms with E-state index in [1.54, 1.807) is 30.2 Å². The van der Waals surface area contributed by atoms with Crippen LogP contribution in [0.25, 0.3) is 0 Å². The fourth-order valence-electron chi connectivity index (χ4n) is 2.07. The van der Waals surface area contributed by atoms with Gasteiger partial charge in [0.2, 0.25) is 0 Å². The zero-order valence-corrected chi connectivity index (χ0v) is 11.3. The lowest BCUT2D eigenvalue weighted by Gasteiger charge is -2.27. The van der Waals surface area contributed by atoms with E-state index in [4.69, 9.17) is 14.2 Å². The summed E-state index contributed by atoms with van der Waals surface area (Å²) in [7, 11) is 1.57. The van der Waals surface area contributed by atoms with Gasteiger partial charge in [-0.15, -0.1) is 0 Å². The molecule has 1 saturated heterocycles. The minimum Gasteiger partial charge on any atom is -0.493 e. The molecule has 0 bridgehead atoms. The summed E-state index contributed by atoms with van der Waals surface area (Å²) >= 11 is 0. The third kappa shape index (κ3) is 2.98. The molecule has 0 N–H and O–H groups in total. The highest BCUT2D eigenvalue weighted by Gasteiger charge is 2.23. The van der Waals surface area contributed by atoms with E-state index < -0.39 is 0 Å². The quantitative estimate of drug-likeness (QED) is 0.829. The predicted octanol–water partition coefficient (Wildman–Crippen LogP) is 1.57. The van der Waals surface area contributed by atoms with Crippen LogP contribution in [0.5, 0.6) is 11.5 Å². The van der Waals surface area contributed by atoms with Crippen LogP contribution in [0.2, 0.25) is 0 Å². The molecule has 1 aromatic carbocycles. The number of morpholine rings is 1. The summed E-state index contributed by atoms with van der Waals surface area (Å²) in [6.07, 6.45) is 0. The first-order chi connectivity index (χ1) is 9.27. The Balaban J connectivity index is 2.29. The second-order valence-corrected chi connectivity index (χ2v) is 4.17. The number of nitrogens with zero attached hydrogens (tertiary/aromatic N) is 1. The lowest BCUT2D eigenvalue weighted by molar-refractivity contribution is 0.0300. The molecule has 0 aliphatic carbocycles. The molecule has 1 aliphatic rings. The van der Waals surface area contributed by atoms with Crippen LogP contribution in [0.15, 0.2) is 18.2 Å². The van der Waals surface area contributed by atoms with Crippen molar-refractivity contribution < 1.29 is 19.0 Å². The minimum atomic E-state index is -0.0364. The van der Waals surface area contributed by atoms with Crippen molar-refractivity contribution in [2.24, 2.45) is 0 Å². The van der Waals surface area contributed by atoms with Crippen molar-refractivity contribution >= 4 is 5.91 Å². The zero-order chi connectivity index (χ0) is 13.7. The fraction of sp³-hybridized carbons (Fsp3) is 0.500. The summed E-state index contributed by atoms with van der Waals surface area (Å²) in [6, 6.07) is 5.36. The Labute approximate surface area is 113 Å². The molecule has 0 unspecified atom stereocenters. The first kappa shape index (κ1) is 13.7. The molecular weight excluding hydrogens is 246 g/mol. The van der Waals surface area contributed by atoms with Crippen LogP contribution in [-0.4, -0.2) is 50.8 Å². The summed E-state index contributed by atoms with van der Waals surface area (Å²) in [5.41, 5.74) is 0.545. The number of carbonyl (C=O) groups excluding carboxylic acids is 1. The number of benzene rings is 1. The molecular formula is C14H19NO4. The molecule has 104 valence electrons. The molecule has 5 heteroatoms. The van der Waals surface area contributed by atoms with E-state index >= 15 is 0 Å². The number of ether oxygens (including phenoxy) is 3. The van der Waals surface area contributed by atoms with E-state index in [0.29, 0.717) is 50.0 Å². The van der Waals surface area contributed by atoms with Crippen LogP contribution >= 0.6 is 0 Å². The summed E-state index contributed by atoms with van der Waals surface area (Å²) in [5.74, 6) is 1.07. The monoisotopic (exact) mass is 265 g/mol. The molecule has 19 heavy (non-hydrogen) atoms. The topological polar surface area (TPSA) is 48.0 Å². The van der Waals surface area contributed by atoms with Crippen LogP contribution in [0.4, 0.5) is 0 Å². The van der Waals surface area contributed by atoms with Crippen molar-refractivity contribution in [2.45, 2.75) is 6.92 Å². The number of methoxy groups -OCH3 is 1. The van der Waals surface area contributed by atoms with Gasteiger partial charge in [-0.05, 0) is 19.1 Å². The van der Waals surface area contributed by atoms with Crippen LogP contribution in [0.3, 0.4) is 0 Å². The SMILES string of the molecule is CCOc1c(OC)cccc1C(=O)N1CCOCC1. The second kappa shape index (κ2) is 6.43. The Bertz CT molecular complexity index is 441. The molecule has 1 aliphatic heterocycles. The maximum atomic E-state index is 12.5. The first-order valence-electron chi connectivity index (χ1n) is 6.44. The molecule has 1 fully saturated rings. The van der Waals surface area contributed by atoms with Gasteiger partial charge < -0.3 is 19.1 Å². The van der Waals surface area contributed by atoms with Gasteiger partial charge in [-0.3, -0.25) is 4.79 Å². The van der Waals surface area contributed by atoms with Gasteiger partial charge in [0.15, 0.2) is 11.5 Å². The highest BCUT2D eigenvalue weighted by atomic mass is 16.5. The Hall–Kier alpha value is -1.75. The van der Waals surface area contributed by atoms with Crippen LogP contribution in [0, 0.1) is 0 Å². The van der Waals surface area contributed by atoms with Crippen LogP contribution in [-0.2, 0) is 4.74 Å². The molecule has 0 saturated carbocycles. The van der Waals surface area contributed by atoms with E-state index in [2.05, 4.69) is 0 Å². The summed E-state index contributed by atoms with van der Waals surface area (Å²) in [5, 5.41) is 0. The van der Waals surface area contributed by atoms with Gasteiger partial charge in [0, 0.05) is 13.1 Å². The maximum Gasteiger partial charge on any atom is 0.257 e. The van der Waals surface area contributed by atoms with Gasteiger partial charge >= 0.3 is 0 Å². The highest BCUT2D eigenvalue weighted by Crippen LogP contribution is 2.32. The Morgan fingerprint density at radius 1 is 1.37 bits per heavy atom. The first-order valence-corrected chi connectivity index (χ1v) is 6.44. The fourth-order valence-corrected chi connectivity index (χ4v) is 2.07. The highest BCUT2D eigenvalue weighted by molar-refractivity contribution is 5.97. The molecule has 2 rings (SSSR count). The maximum absolute atomic E-state index is 12.5. The molecule has 0 atom stereocenters. The van der Waals surface area contributed by atoms with Crippen molar-refractivity contribution in [2.75, 3.05) is 40.0 Å². The normalized spacial score (nSPS) is 15.2. The molecule has 1 aromatic rings. The third-order valence-corrected chi connectivity index (χ3v) is 3.02. The van der Waals surface area contributed by atoms with Crippen molar-refractivity contribution in [1.82, 2.24) is 4.90 Å². The van der Waals surface area contributed by atoms with Gasteiger partial charge in [0.1, 0.15) is 0 Å². The lowest BCUT2D eigenvalue weighted by Crippen LogP contribution is -2.40. The minimum absolute atomic E-state index is 0.0364. The van der Waals surface area contributed by atoms with Crippen LogP contribution < -0.4 is 9.47 Å². The molecule has 0 radical (unpaired) electrons. The average molecular weight is 265 g/mol. The van der Waals surface area contributed by atoms with Crippen molar-refractivity contribution in [1.29, 1.82) is 0 Å². The summed E-state index contributed by atoms with van der Waals surface area (Å²) in [6.45, 7) is 4.77. The number of hydrogen-bond acceptors (Lipinski definition) is 4. The van der Waals surface area contributed by atoms with Gasteiger partial charge in [-0.1, -0.05) is 6.07 Å². The Morgan fingerprint density at radius 3 is 2.74 bits per heavy atom. The second-order valence-electron chi connectivity index (χ2n) is 4.17. The largest absolute Gasteiger partial charge is 0.493 e. The van der Waals surface area contributed by atoms with Gasteiger partial charge in [-0.2, -0.15) is 0 Å². The predicted molar refractivity (Wildman–Crippen MR) is 70.9 cm³/mol. The molecule has 5 nitrogen and oxygen atoms in total. The van der Waals surface area contributed by atoms with E-state index in [1.807, 2.05) is 6.92 Å². The van der Waals surface area contributed by atoms with E-state index in [0.717, 1.165) is 0 Å². The van der Waals surface area contributed by atoms with E-state index in [9.17, 15) is 4.79 Å². The third-order valence-electron chi connectivity index (χ3n) is 3.02. The standard InChI is InChI=1S/C14H19NO4/c1-3-19-13-11(5-4-6-12(13)17-2)14(16)15-7-9-18-10-8-15/h4-6H,3,7-10H2,1-2H3. The Kier molecular flexibility index (Phi) is 4.63. The number of rotatable bonds is 4. The van der Waals surface area contributed by atoms with Crippen molar-refractivity contribution in [3.63, 3.8) is 0 Å². The molecule has 1 heterocycles. The molecule has 0 spiro atoms. The van der Waals surface area contributed by atoms with Gasteiger partial charge in [0.25, 0.3) is 5.91 Å². The zero-order valence-electron chi connectivity index (χ0n) is 11.3. The van der Waals surface area contributed by atoms with E-state index in [1.165, 1.54) is 0 Å². The summed E-state index contributed by atoms with van der Waals surface area (Å²) in [4.78, 5) is 14.3. The van der Waals surface area contributed by atoms with Gasteiger partial charge in [-0.25, -0.2) is 0 Å². The number of para-hydroxylation sites is 1.